The molecule has 2 heterocycles. The van der Waals surface area contributed by atoms with Gasteiger partial charge in [-0.25, -0.2) is 0 Å². The molecule has 0 fully saturated rings. The van der Waals surface area contributed by atoms with Crippen molar-refractivity contribution in [3.8, 4) is 0 Å². The van der Waals surface area contributed by atoms with Gasteiger partial charge in [-0.3, -0.25) is 4.79 Å². The van der Waals surface area contributed by atoms with Crippen LogP contribution in [0.3, 0.4) is 0 Å². The molecule has 3 rings (SSSR count). The van der Waals surface area contributed by atoms with E-state index in [4.69, 9.17) is 4.52 Å². The molecule has 0 aliphatic rings. The average molecular weight is 341 g/mol. The smallest absolute Gasteiger partial charge is 0.252 e. The number of benzene rings is 1. The number of aryl methyl sites for hydroxylation is 1. The van der Waals surface area contributed by atoms with Crippen molar-refractivity contribution in [3.05, 3.63) is 77.3 Å². The number of hydrogen-bond acceptors (Lipinski definition) is 5. The second-order valence-corrected chi connectivity index (χ2v) is 6.21. The summed E-state index contributed by atoms with van der Waals surface area (Å²) >= 11 is 1.18. The van der Waals surface area contributed by atoms with Crippen LogP contribution in [0.4, 0.5) is 5.82 Å². The van der Waals surface area contributed by atoms with Crippen molar-refractivity contribution in [2.45, 2.75) is 17.2 Å². The summed E-state index contributed by atoms with van der Waals surface area (Å²) in [5, 5.41) is 18.3. The highest BCUT2D eigenvalue weighted by molar-refractivity contribution is 8.00. The third-order valence-corrected chi connectivity index (χ3v) is 4.53. The largest absolute Gasteiger partial charge is 0.618 e. The van der Waals surface area contributed by atoms with Crippen molar-refractivity contribution < 1.29 is 14.0 Å². The van der Waals surface area contributed by atoms with E-state index in [0.717, 1.165) is 10.3 Å². The highest BCUT2D eigenvalue weighted by Crippen LogP contribution is 2.34. The SMILES string of the molecule is Cc1cc(NC(=O)C(Sc2cccc[n+]2[O-])c2ccccc2)no1. The monoisotopic (exact) mass is 341 g/mol. The zero-order valence-corrected chi connectivity index (χ0v) is 13.7. The van der Waals surface area contributed by atoms with Crippen LogP contribution in [-0.4, -0.2) is 11.1 Å². The van der Waals surface area contributed by atoms with E-state index in [-0.39, 0.29) is 5.91 Å². The van der Waals surface area contributed by atoms with Crippen molar-refractivity contribution in [3.63, 3.8) is 0 Å². The fourth-order valence-electron chi connectivity index (χ4n) is 2.14. The van der Waals surface area contributed by atoms with E-state index in [1.54, 1.807) is 31.2 Å². The molecule has 0 radical (unpaired) electrons. The minimum Gasteiger partial charge on any atom is -0.618 e. The molecule has 0 spiro atoms. The molecule has 1 unspecified atom stereocenters. The predicted octanol–water partition coefficient (Wildman–Crippen LogP) is 3.09. The number of nitrogens with one attached hydrogen (secondary N) is 1. The van der Waals surface area contributed by atoms with Gasteiger partial charge in [-0.2, -0.15) is 4.73 Å². The number of thioether (sulfide) groups is 1. The molecule has 24 heavy (non-hydrogen) atoms. The van der Waals surface area contributed by atoms with Crippen molar-refractivity contribution in [1.29, 1.82) is 0 Å². The third-order valence-electron chi connectivity index (χ3n) is 3.25. The highest BCUT2D eigenvalue weighted by Gasteiger charge is 2.26. The number of aromatic nitrogens is 2. The Morgan fingerprint density at radius 1 is 1.25 bits per heavy atom. The fraction of sp³-hybridized carbons (Fsp3) is 0.118. The molecule has 1 atom stereocenters. The van der Waals surface area contributed by atoms with Crippen LogP contribution in [0.5, 0.6) is 0 Å². The Bertz CT molecular complexity index is 836. The number of carbonyl (C=O) groups excluding carboxylic acids is 1. The normalized spacial score (nSPS) is 11.9. The Balaban J connectivity index is 1.87. The first kappa shape index (κ1) is 16.1. The van der Waals surface area contributed by atoms with Crippen LogP contribution in [0, 0.1) is 12.1 Å². The van der Waals surface area contributed by atoms with E-state index in [1.807, 2.05) is 30.3 Å². The van der Waals surface area contributed by atoms with Crippen LogP contribution < -0.4 is 10.0 Å². The van der Waals surface area contributed by atoms with Gasteiger partial charge < -0.3 is 15.0 Å². The molecule has 2 aromatic heterocycles. The molecule has 122 valence electrons. The zero-order chi connectivity index (χ0) is 16.9. The third kappa shape index (κ3) is 3.75. The number of nitrogens with zero attached hydrogens (tertiary/aromatic N) is 2. The highest BCUT2D eigenvalue weighted by atomic mass is 32.2. The molecular weight excluding hydrogens is 326 g/mol. The van der Waals surface area contributed by atoms with Gasteiger partial charge in [-0.05, 0) is 30.3 Å². The minimum absolute atomic E-state index is 0.275. The average Bonchev–Trinajstić information content (AvgIpc) is 2.99. The number of rotatable bonds is 5. The van der Waals surface area contributed by atoms with Crippen molar-refractivity contribution in [1.82, 2.24) is 5.16 Å². The van der Waals surface area contributed by atoms with Gasteiger partial charge in [0.25, 0.3) is 5.03 Å². The van der Waals surface area contributed by atoms with Crippen LogP contribution in [0.1, 0.15) is 16.6 Å². The second-order valence-electron chi connectivity index (χ2n) is 5.09. The molecular formula is C17H15N3O3S. The fourth-order valence-corrected chi connectivity index (χ4v) is 3.17. The van der Waals surface area contributed by atoms with Gasteiger partial charge in [0.1, 0.15) is 11.0 Å². The standard InChI is InChI=1S/C17H15N3O3S/c1-12-11-14(19-23-12)18-17(21)16(13-7-3-2-4-8-13)24-15-9-5-6-10-20(15)22/h2-11,16H,1H3,(H,18,19,21). The second kappa shape index (κ2) is 7.18. The molecule has 3 aromatic rings. The Morgan fingerprint density at radius 3 is 2.67 bits per heavy atom. The topological polar surface area (TPSA) is 82.1 Å². The lowest BCUT2D eigenvalue weighted by atomic mass is 10.1. The molecule has 1 N–H and O–H groups in total. The Kier molecular flexibility index (Phi) is 4.81. The number of anilines is 1. The minimum atomic E-state index is -0.592. The number of carbonyl (C=O) groups is 1. The summed E-state index contributed by atoms with van der Waals surface area (Å²) in [6, 6.07) is 16.0. The molecule has 0 bridgehead atoms. The maximum Gasteiger partial charge on any atom is 0.252 e. The molecule has 0 saturated heterocycles. The van der Waals surface area contributed by atoms with Crippen LogP contribution in [0.15, 0.2) is 70.3 Å². The maximum absolute atomic E-state index is 12.7. The van der Waals surface area contributed by atoms with Gasteiger partial charge in [0.05, 0.1) is 0 Å². The van der Waals surface area contributed by atoms with E-state index in [1.165, 1.54) is 18.0 Å². The Morgan fingerprint density at radius 2 is 2.00 bits per heavy atom. The van der Waals surface area contributed by atoms with Gasteiger partial charge in [0.15, 0.2) is 12.0 Å². The van der Waals surface area contributed by atoms with Gasteiger partial charge in [-0.15, -0.1) is 0 Å². The van der Waals surface area contributed by atoms with E-state index in [0.29, 0.717) is 16.6 Å². The van der Waals surface area contributed by atoms with Crippen molar-refractivity contribution in [2.75, 3.05) is 5.32 Å². The number of pyridine rings is 1. The van der Waals surface area contributed by atoms with Crippen LogP contribution >= 0.6 is 11.8 Å². The summed E-state index contributed by atoms with van der Waals surface area (Å²) in [6.07, 6.45) is 1.41. The molecule has 7 heteroatoms. The van der Waals surface area contributed by atoms with E-state index in [9.17, 15) is 10.0 Å². The lowest BCUT2D eigenvalue weighted by Crippen LogP contribution is -2.29. The summed E-state index contributed by atoms with van der Waals surface area (Å²) in [5.74, 6) is 0.681. The lowest BCUT2D eigenvalue weighted by Gasteiger charge is -2.15. The summed E-state index contributed by atoms with van der Waals surface area (Å²) in [6.45, 7) is 1.75. The molecule has 0 aliphatic heterocycles. The Hall–Kier alpha value is -2.80. The lowest BCUT2D eigenvalue weighted by molar-refractivity contribution is -0.645. The predicted molar refractivity (Wildman–Crippen MR) is 90.3 cm³/mol. The molecule has 1 aromatic carbocycles. The zero-order valence-electron chi connectivity index (χ0n) is 12.9. The molecule has 1 amide bonds. The van der Waals surface area contributed by atoms with E-state index in [2.05, 4.69) is 10.5 Å². The van der Waals surface area contributed by atoms with Crippen LogP contribution in [-0.2, 0) is 4.79 Å². The quantitative estimate of drug-likeness (QED) is 0.438. The molecule has 0 saturated carbocycles. The summed E-state index contributed by atoms with van der Waals surface area (Å²) in [5.41, 5.74) is 0.795. The van der Waals surface area contributed by atoms with Gasteiger partial charge in [0, 0.05) is 18.2 Å². The molecule has 6 nitrogen and oxygen atoms in total. The summed E-state index contributed by atoms with van der Waals surface area (Å²) in [4.78, 5) is 12.7. The van der Waals surface area contributed by atoms with Crippen molar-refractivity contribution >= 4 is 23.5 Å². The van der Waals surface area contributed by atoms with E-state index >= 15 is 0 Å². The first-order valence-corrected chi connectivity index (χ1v) is 8.15. The first-order chi connectivity index (χ1) is 11.6. The van der Waals surface area contributed by atoms with Crippen LogP contribution in [0.25, 0.3) is 0 Å². The summed E-state index contributed by atoms with van der Waals surface area (Å²) in [7, 11) is 0. The van der Waals surface area contributed by atoms with Crippen molar-refractivity contribution in [2.24, 2.45) is 0 Å². The maximum atomic E-state index is 12.7. The molecule has 0 aliphatic carbocycles. The van der Waals surface area contributed by atoms with E-state index < -0.39 is 5.25 Å². The number of hydrogen-bond donors (Lipinski definition) is 1. The van der Waals surface area contributed by atoms with Gasteiger partial charge in [0.2, 0.25) is 5.91 Å². The van der Waals surface area contributed by atoms with Crippen LogP contribution in [0.2, 0.25) is 0 Å². The van der Waals surface area contributed by atoms with Gasteiger partial charge in [-0.1, -0.05) is 35.5 Å². The summed E-state index contributed by atoms with van der Waals surface area (Å²) < 4.78 is 5.71. The number of amides is 1. The van der Waals surface area contributed by atoms with Gasteiger partial charge >= 0.3 is 0 Å². The Labute approximate surface area is 143 Å². The first-order valence-electron chi connectivity index (χ1n) is 7.27.